The van der Waals surface area contributed by atoms with Gasteiger partial charge in [0.15, 0.2) is 10.8 Å². The number of halogens is 1. The molecule has 0 spiro atoms. The van der Waals surface area contributed by atoms with Crippen LogP contribution in [0.1, 0.15) is 23.3 Å². The number of hydrogen-bond donors (Lipinski definition) is 2. The Morgan fingerprint density at radius 2 is 2.05 bits per heavy atom. The second-order valence-electron chi connectivity index (χ2n) is 4.73. The number of primary amides is 1. The predicted molar refractivity (Wildman–Crippen MR) is 73.2 cm³/mol. The van der Waals surface area contributed by atoms with Crippen molar-refractivity contribution in [1.29, 1.82) is 0 Å². The van der Waals surface area contributed by atoms with Crippen LogP contribution in [0.5, 0.6) is 0 Å². The van der Waals surface area contributed by atoms with Gasteiger partial charge in [-0.25, -0.2) is 0 Å². The lowest BCUT2D eigenvalue weighted by Crippen LogP contribution is -2.46. The smallest absolute Gasteiger partial charge is 0.272 e. The molecule has 7 nitrogen and oxygen atoms in total. The highest BCUT2D eigenvalue weighted by atomic mass is 35.5. The quantitative estimate of drug-likeness (QED) is 0.802. The highest BCUT2D eigenvalue weighted by molar-refractivity contribution is 6.29. The Morgan fingerprint density at radius 3 is 2.60 bits per heavy atom. The van der Waals surface area contributed by atoms with Gasteiger partial charge < -0.3 is 11.1 Å². The molecule has 20 heavy (non-hydrogen) atoms. The monoisotopic (exact) mass is 297 g/mol. The average molecular weight is 298 g/mol. The largest absolute Gasteiger partial charge is 0.369 e. The van der Waals surface area contributed by atoms with E-state index in [1.54, 1.807) is 0 Å². The molecule has 0 bridgehead atoms. The molecule has 0 radical (unpaired) electrons. The van der Waals surface area contributed by atoms with Gasteiger partial charge in [-0.05, 0) is 25.0 Å². The van der Waals surface area contributed by atoms with E-state index in [1.807, 2.05) is 4.90 Å². The van der Waals surface area contributed by atoms with E-state index in [2.05, 4.69) is 15.5 Å². The minimum Gasteiger partial charge on any atom is -0.369 e. The normalized spacial score (nSPS) is 16.9. The summed E-state index contributed by atoms with van der Waals surface area (Å²) in [6.07, 6.45) is 1.56. The van der Waals surface area contributed by atoms with Crippen LogP contribution in [0.25, 0.3) is 0 Å². The standard InChI is InChI=1S/C12H16ClN5O2/c13-10-2-1-9(16-17-10)12(20)15-8-3-5-18(6-4-8)7-11(14)19/h1-2,8H,3-7H2,(H2,14,19)(H,15,20). The summed E-state index contributed by atoms with van der Waals surface area (Å²) in [6.45, 7) is 1.74. The Balaban J connectivity index is 1.82. The first-order chi connectivity index (χ1) is 9.54. The van der Waals surface area contributed by atoms with Crippen LogP contribution < -0.4 is 11.1 Å². The van der Waals surface area contributed by atoms with E-state index in [1.165, 1.54) is 12.1 Å². The summed E-state index contributed by atoms with van der Waals surface area (Å²) < 4.78 is 0. The van der Waals surface area contributed by atoms with Crippen molar-refractivity contribution >= 4 is 23.4 Å². The first-order valence-electron chi connectivity index (χ1n) is 6.35. The maximum Gasteiger partial charge on any atom is 0.272 e. The third-order valence-corrected chi connectivity index (χ3v) is 3.37. The summed E-state index contributed by atoms with van der Waals surface area (Å²) in [5.41, 5.74) is 5.39. The lowest BCUT2D eigenvalue weighted by molar-refractivity contribution is -0.119. The van der Waals surface area contributed by atoms with Crippen molar-refractivity contribution in [3.63, 3.8) is 0 Å². The summed E-state index contributed by atoms with van der Waals surface area (Å²) in [5.74, 6) is -0.591. The molecule has 1 aliphatic rings. The van der Waals surface area contributed by atoms with Crippen molar-refractivity contribution in [1.82, 2.24) is 20.4 Å². The number of piperidine rings is 1. The highest BCUT2D eigenvalue weighted by Crippen LogP contribution is 2.10. The van der Waals surface area contributed by atoms with E-state index in [0.29, 0.717) is 0 Å². The molecule has 2 amide bonds. The van der Waals surface area contributed by atoms with E-state index in [0.717, 1.165) is 25.9 Å². The Bertz CT molecular complexity index is 485. The summed E-state index contributed by atoms with van der Waals surface area (Å²) in [7, 11) is 0. The fourth-order valence-electron chi connectivity index (χ4n) is 2.15. The van der Waals surface area contributed by atoms with E-state index < -0.39 is 0 Å². The summed E-state index contributed by atoms with van der Waals surface area (Å²) in [4.78, 5) is 24.7. The highest BCUT2D eigenvalue weighted by Gasteiger charge is 2.22. The first kappa shape index (κ1) is 14.7. The topological polar surface area (TPSA) is 101 Å². The number of aromatic nitrogens is 2. The van der Waals surface area contributed by atoms with E-state index in [4.69, 9.17) is 17.3 Å². The molecule has 0 atom stereocenters. The van der Waals surface area contributed by atoms with Crippen LogP contribution in [0.4, 0.5) is 0 Å². The maximum absolute atomic E-state index is 11.9. The summed E-state index contributed by atoms with van der Waals surface area (Å²) in [5, 5.41) is 10.5. The van der Waals surface area contributed by atoms with Crippen LogP contribution >= 0.6 is 11.6 Å². The van der Waals surface area contributed by atoms with Gasteiger partial charge in [-0.15, -0.1) is 10.2 Å². The molecule has 0 aromatic carbocycles. The molecular formula is C12H16ClN5O2. The van der Waals surface area contributed by atoms with Gasteiger partial charge >= 0.3 is 0 Å². The molecule has 1 saturated heterocycles. The molecule has 3 N–H and O–H groups in total. The van der Waals surface area contributed by atoms with Gasteiger partial charge in [0.05, 0.1) is 6.54 Å². The number of nitrogens with two attached hydrogens (primary N) is 1. The number of rotatable bonds is 4. The SMILES string of the molecule is NC(=O)CN1CCC(NC(=O)c2ccc(Cl)nn2)CC1. The van der Waals surface area contributed by atoms with E-state index in [9.17, 15) is 9.59 Å². The minimum atomic E-state index is -0.330. The average Bonchev–Trinajstić information content (AvgIpc) is 2.41. The third kappa shape index (κ3) is 4.14. The van der Waals surface area contributed by atoms with Crippen LogP contribution in [0.15, 0.2) is 12.1 Å². The van der Waals surface area contributed by atoms with Crippen LogP contribution in [0.3, 0.4) is 0 Å². The third-order valence-electron chi connectivity index (χ3n) is 3.17. The summed E-state index contributed by atoms with van der Waals surface area (Å²) in [6, 6.07) is 3.13. The van der Waals surface area contributed by atoms with E-state index >= 15 is 0 Å². The van der Waals surface area contributed by atoms with Crippen LogP contribution in [-0.4, -0.2) is 52.6 Å². The van der Waals surface area contributed by atoms with Crippen molar-refractivity contribution < 1.29 is 9.59 Å². The van der Waals surface area contributed by atoms with Crippen molar-refractivity contribution in [2.45, 2.75) is 18.9 Å². The van der Waals surface area contributed by atoms with Crippen molar-refractivity contribution in [3.8, 4) is 0 Å². The number of nitrogens with zero attached hydrogens (tertiary/aromatic N) is 3. The van der Waals surface area contributed by atoms with Crippen LogP contribution in [0.2, 0.25) is 5.15 Å². The lowest BCUT2D eigenvalue weighted by atomic mass is 10.0. The van der Waals surface area contributed by atoms with Crippen LogP contribution in [-0.2, 0) is 4.79 Å². The second kappa shape index (κ2) is 6.62. The van der Waals surface area contributed by atoms with Crippen LogP contribution in [0, 0.1) is 0 Å². The number of hydrogen-bond acceptors (Lipinski definition) is 5. The Hall–Kier alpha value is -1.73. The molecule has 8 heteroatoms. The summed E-state index contributed by atoms with van der Waals surface area (Å²) >= 11 is 5.62. The van der Waals surface area contributed by atoms with Gasteiger partial charge in [0.1, 0.15) is 0 Å². The lowest BCUT2D eigenvalue weighted by Gasteiger charge is -2.31. The fraction of sp³-hybridized carbons (Fsp3) is 0.500. The molecular weight excluding hydrogens is 282 g/mol. The van der Waals surface area contributed by atoms with Crippen molar-refractivity contribution in [2.24, 2.45) is 5.73 Å². The van der Waals surface area contributed by atoms with Gasteiger partial charge in [-0.3, -0.25) is 14.5 Å². The molecule has 0 unspecified atom stereocenters. The van der Waals surface area contributed by atoms with Gasteiger partial charge in [0, 0.05) is 19.1 Å². The Kier molecular flexibility index (Phi) is 4.86. The zero-order chi connectivity index (χ0) is 14.5. The molecule has 1 fully saturated rings. The molecule has 2 rings (SSSR count). The van der Waals surface area contributed by atoms with Gasteiger partial charge in [-0.1, -0.05) is 11.6 Å². The molecule has 1 aromatic rings. The Morgan fingerprint density at radius 1 is 1.35 bits per heavy atom. The minimum absolute atomic E-state index is 0.0732. The van der Waals surface area contributed by atoms with E-state index in [-0.39, 0.29) is 35.2 Å². The second-order valence-corrected chi connectivity index (χ2v) is 5.12. The molecule has 1 aliphatic heterocycles. The number of likely N-dealkylation sites (tertiary alicyclic amines) is 1. The molecule has 1 aromatic heterocycles. The van der Waals surface area contributed by atoms with Crippen molar-refractivity contribution in [3.05, 3.63) is 23.0 Å². The maximum atomic E-state index is 11.9. The molecule has 0 saturated carbocycles. The van der Waals surface area contributed by atoms with Gasteiger partial charge in [0.2, 0.25) is 5.91 Å². The number of carbonyl (C=O) groups is 2. The predicted octanol–water partition coefficient (Wildman–Crippen LogP) is -0.190. The molecule has 108 valence electrons. The molecule has 0 aliphatic carbocycles. The van der Waals surface area contributed by atoms with Crippen molar-refractivity contribution in [2.75, 3.05) is 19.6 Å². The number of carbonyl (C=O) groups excluding carboxylic acids is 2. The molecule has 2 heterocycles. The number of amides is 2. The van der Waals surface area contributed by atoms with Gasteiger partial charge in [-0.2, -0.15) is 0 Å². The zero-order valence-electron chi connectivity index (χ0n) is 10.9. The zero-order valence-corrected chi connectivity index (χ0v) is 11.6. The fourth-order valence-corrected chi connectivity index (χ4v) is 2.25. The van der Waals surface area contributed by atoms with Gasteiger partial charge in [0.25, 0.3) is 5.91 Å². The number of nitrogens with one attached hydrogen (secondary N) is 1. The first-order valence-corrected chi connectivity index (χ1v) is 6.73. The Labute approximate surface area is 121 Å².